The summed E-state index contributed by atoms with van der Waals surface area (Å²) in [4.78, 5) is 11.2. The number of benzene rings is 2. The SMILES string of the molecule is C=C(C)COc1ccc(-c2ccccc2)cc1C=O. The van der Waals surface area contributed by atoms with E-state index in [9.17, 15) is 4.79 Å². The predicted molar refractivity (Wildman–Crippen MR) is 77.6 cm³/mol. The Morgan fingerprint density at radius 1 is 1.16 bits per heavy atom. The third kappa shape index (κ3) is 3.32. The van der Waals surface area contributed by atoms with Crippen LogP contribution in [-0.2, 0) is 0 Å². The monoisotopic (exact) mass is 252 g/mol. The standard InChI is InChI=1S/C17H16O2/c1-13(2)12-19-17-9-8-15(10-16(17)11-18)14-6-4-3-5-7-14/h3-11H,1,12H2,2H3. The lowest BCUT2D eigenvalue weighted by Crippen LogP contribution is -2.00. The molecular formula is C17H16O2. The van der Waals surface area contributed by atoms with Crippen LogP contribution in [0.3, 0.4) is 0 Å². The molecule has 0 radical (unpaired) electrons. The highest BCUT2D eigenvalue weighted by Crippen LogP contribution is 2.25. The Balaban J connectivity index is 2.31. The van der Waals surface area contributed by atoms with Gasteiger partial charge in [0.1, 0.15) is 12.4 Å². The van der Waals surface area contributed by atoms with Gasteiger partial charge in [-0.15, -0.1) is 0 Å². The molecule has 0 aliphatic carbocycles. The van der Waals surface area contributed by atoms with E-state index in [0.717, 1.165) is 23.0 Å². The van der Waals surface area contributed by atoms with E-state index in [1.165, 1.54) is 0 Å². The van der Waals surface area contributed by atoms with Gasteiger partial charge in [-0.2, -0.15) is 0 Å². The molecule has 0 aliphatic rings. The van der Waals surface area contributed by atoms with E-state index in [1.54, 1.807) is 0 Å². The molecule has 0 heterocycles. The molecule has 0 atom stereocenters. The fraction of sp³-hybridized carbons (Fsp3) is 0.118. The molecule has 2 aromatic rings. The van der Waals surface area contributed by atoms with Gasteiger partial charge in [-0.25, -0.2) is 0 Å². The van der Waals surface area contributed by atoms with Crippen LogP contribution in [0, 0.1) is 0 Å². The average molecular weight is 252 g/mol. The molecule has 2 aromatic carbocycles. The minimum Gasteiger partial charge on any atom is -0.489 e. The smallest absolute Gasteiger partial charge is 0.153 e. The van der Waals surface area contributed by atoms with Crippen LogP contribution < -0.4 is 4.74 Å². The lowest BCUT2D eigenvalue weighted by Gasteiger charge is -2.10. The van der Waals surface area contributed by atoms with Crippen LogP contribution in [0.25, 0.3) is 11.1 Å². The van der Waals surface area contributed by atoms with Crippen LogP contribution >= 0.6 is 0 Å². The fourth-order valence-electron chi connectivity index (χ4n) is 1.78. The Bertz CT molecular complexity index is 585. The van der Waals surface area contributed by atoms with E-state index in [1.807, 2.05) is 55.5 Å². The molecule has 0 spiro atoms. The summed E-state index contributed by atoms with van der Waals surface area (Å²) in [5.41, 5.74) is 3.56. The zero-order valence-electron chi connectivity index (χ0n) is 10.9. The third-order valence-corrected chi connectivity index (χ3v) is 2.72. The van der Waals surface area contributed by atoms with Crippen molar-refractivity contribution in [3.05, 3.63) is 66.2 Å². The van der Waals surface area contributed by atoms with Gasteiger partial charge in [0.25, 0.3) is 0 Å². The number of carbonyl (C=O) groups excluding carboxylic acids is 1. The first kappa shape index (κ1) is 13.1. The molecule has 19 heavy (non-hydrogen) atoms. The molecule has 0 saturated heterocycles. The van der Waals surface area contributed by atoms with Gasteiger partial charge in [0, 0.05) is 0 Å². The third-order valence-electron chi connectivity index (χ3n) is 2.72. The number of ether oxygens (including phenoxy) is 1. The molecule has 0 aliphatic heterocycles. The number of aldehydes is 1. The molecule has 2 rings (SSSR count). The minimum absolute atomic E-state index is 0.422. The summed E-state index contributed by atoms with van der Waals surface area (Å²) >= 11 is 0. The van der Waals surface area contributed by atoms with Gasteiger partial charge in [-0.05, 0) is 35.8 Å². The summed E-state index contributed by atoms with van der Waals surface area (Å²) in [5, 5.41) is 0. The molecule has 0 aromatic heterocycles. The Labute approximate surface area is 113 Å². The first-order valence-electron chi connectivity index (χ1n) is 6.12. The molecule has 2 nitrogen and oxygen atoms in total. The van der Waals surface area contributed by atoms with Crippen molar-refractivity contribution in [2.24, 2.45) is 0 Å². The van der Waals surface area contributed by atoms with E-state index in [-0.39, 0.29) is 0 Å². The van der Waals surface area contributed by atoms with Gasteiger partial charge in [0.15, 0.2) is 6.29 Å². The van der Waals surface area contributed by atoms with E-state index >= 15 is 0 Å². The van der Waals surface area contributed by atoms with Crippen LogP contribution in [0.1, 0.15) is 17.3 Å². The van der Waals surface area contributed by atoms with Gasteiger partial charge < -0.3 is 4.74 Å². The van der Waals surface area contributed by atoms with Gasteiger partial charge in [0.2, 0.25) is 0 Å². The van der Waals surface area contributed by atoms with Crippen LogP contribution in [0.2, 0.25) is 0 Å². The second-order valence-corrected chi connectivity index (χ2v) is 4.48. The van der Waals surface area contributed by atoms with Crippen LogP contribution in [-0.4, -0.2) is 12.9 Å². The highest BCUT2D eigenvalue weighted by molar-refractivity contribution is 5.83. The summed E-state index contributed by atoms with van der Waals surface area (Å²) in [6.45, 7) is 6.09. The lowest BCUT2D eigenvalue weighted by molar-refractivity contribution is 0.112. The van der Waals surface area contributed by atoms with Crippen molar-refractivity contribution in [2.45, 2.75) is 6.92 Å². The summed E-state index contributed by atoms with van der Waals surface area (Å²) in [6.07, 6.45) is 0.820. The zero-order chi connectivity index (χ0) is 13.7. The normalized spacial score (nSPS) is 9.95. The van der Waals surface area contributed by atoms with Crippen LogP contribution in [0.5, 0.6) is 5.75 Å². The maximum absolute atomic E-state index is 11.2. The number of hydrogen-bond acceptors (Lipinski definition) is 2. The number of carbonyl (C=O) groups is 1. The predicted octanol–water partition coefficient (Wildman–Crippen LogP) is 4.12. The van der Waals surface area contributed by atoms with Gasteiger partial charge in [-0.1, -0.05) is 43.0 Å². The molecule has 2 heteroatoms. The summed E-state index contributed by atoms with van der Waals surface area (Å²) in [6, 6.07) is 15.6. The van der Waals surface area contributed by atoms with Crippen molar-refractivity contribution in [3.63, 3.8) is 0 Å². The molecule has 96 valence electrons. The van der Waals surface area contributed by atoms with Crippen LogP contribution in [0.4, 0.5) is 0 Å². The highest BCUT2D eigenvalue weighted by Gasteiger charge is 2.06. The van der Waals surface area contributed by atoms with E-state index < -0.39 is 0 Å². The van der Waals surface area contributed by atoms with Gasteiger partial charge in [0.05, 0.1) is 5.56 Å². The molecule has 0 fully saturated rings. The fourth-order valence-corrected chi connectivity index (χ4v) is 1.78. The summed E-state index contributed by atoms with van der Waals surface area (Å²) in [7, 11) is 0. The number of rotatable bonds is 5. The summed E-state index contributed by atoms with van der Waals surface area (Å²) < 4.78 is 5.55. The van der Waals surface area contributed by atoms with Crippen molar-refractivity contribution >= 4 is 6.29 Å². The highest BCUT2D eigenvalue weighted by atomic mass is 16.5. The van der Waals surface area contributed by atoms with E-state index in [2.05, 4.69) is 6.58 Å². The molecule has 0 amide bonds. The lowest BCUT2D eigenvalue weighted by atomic mass is 10.0. The largest absolute Gasteiger partial charge is 0.489 e. The molecule has 0 N–H and O–H groups in total. The Morgan fingerprint density at radius 3 is 2.53 bits per heavy atom. The Hall–Kier alpha value is -2.35. The molecule has 0 saturated carbocycles. The van der Waals surface area contributed by atoms with Crippen molar-refractivity contribution in [2.75, 3.05) is 6.61 Å². The zero-order valence-corrected chi connectivity index (χ0v) is 10.9. The minimum atomic E-state index is 0.422. The molecular weight excluding hydrogens is 236 g/mol. The van der Waals surface area contributed by atoms with Crippen LogP contribution in [0.15, 0.2) is 60.7 Å². The maximum atomic E-state index is 11.2. The quantitative estimate of drug-likeness (QED) is 0.591. The Kier molecular flexibility index (Phi) is 4.14. The van der Waals surface area contributed by atoms with Gasteiger partial charge in [-0.3, -0.25) is 4.79 Å². The van der Waals surface area contributed by atoms with Crippen molar-refractivity contribution in [1.82, 2.24) is 0 Å². The topological polar surface area (TPSA) is 26.3 Å². The van der Waals surface area contributed by atoms with Gasteiger partial charge >= 0.3 is 0 Å². The average Bonchev–Trinajstić information content (AvgIpc) is 2.45. The maximum Gasteiger partial charge on any atom is 0.153 e. The first-order valence-corrected chi connectivity index (χ1v) is 6.12. The van der Waals surface area contributed by atoms with Crippen molar-refractivity contribution in [1.29, 1.82) is 0 Å². The van der Waals surface area contributed by atoms with Crippen molar-refractivity contribution in [3.8, 4) is 16.9 Å². The van der Waals surface area contributed by atoms with E-state index in [4.69, 9.17) is 4.74 Å². The second-order valence-electron chi connectivity index (χ2n) is 4.48. The first-order chi connectivity index (χ1) is 9.20. The number of hydrogen-bond donors (Lipinski definition) is 0. The van der Waals surface area contributed by atoms with E-state index in [0.29, 0.717) is 17.9 Å². The molecule has 0 unspecified atom stereocenters. The summed E-state index contributed by atoms with van der Waals surface area (Å²) in [5.74, 6) is 0.595. The molecule has 0 bridgehead atoms. The Morgan fingerprint density at radius 2 is 1.89 bits per heavy atom. The second kappa shape index (κ2) is 6.01. The van der Waals surface area contributed by atoms with Crippen molar-refractivity contribution < 1.29 is 9.53 Å².